The minimum absolute atomic E-state index is 0.150. The Hall–Kier alpha value is -5.25. The number of carbonyl (C=O) groups excluding carboxylic acids is 1. The Kier molecular flexibility index (Phi) is 13.9. The molecule has 2 atom stereocenters. The van der Waals surface area contributed by atoms with E-state index in [1.807, 2.05) is 45.0 Å². The van der Waals surface area contributed by atoms with Crippen LogP contribution in [0.25, 0.3) is 0 Å². The third-order valence-corrected chi connectivity index (χ3v) is 7.98. The maximum Gasteiger partial charge on any atom is 0.316 e. The standard InChI is InChI=1S/C25H30N2O3.C16H17N3O/c1-18(8-15-23(28)30-25(2,3)4)21-13-11-19(12-14-21)9-10-20-16-26-24(27-17-20)29-22-6-5-7-22;1-12(9-17)15-7-5-13(6-8-15)3-4-14-10-18-16(20-2)19-11-14/h11-14,16-18,22H,5-8,15H2,1-4H3;5-8,10-12H,9,17H2,1-2H3. The molecule has 9 heteroatoms. The second kappa shape index (κ2) is 18.5. The van der Waals surface area contributed by atoms with Gasteiger partial charge in [-0.15, -0.1) is 0 Å². The summed E-state index contributed by atoms with van der Waals surface area (Å²) in [5.74, 6) is 12.8. The molecule has 0 bridgehead atoms. The topological polar surface area (TPSA) is 122 Å². The number of benzene rings is 2. The van der Waals surface area contributed by atoms with E-state index >= 15 is 0 Å². The fourth-order valence-corrected chi connectivity index (χ4v) is 4.67. The van der Waals surface area contributed by atoms with Crippen molar-refractivity contribution >= 4 is 5.97 Å². The van der Waals surface area contributed by atoms with Gasteiger partial charge in [-0.25, -0.2) is 19.9 Å². The summed E-state index contributed by atoms with van der Waals surface area (Å²) < 4.78 is 15.9. The largest absolute Gasteiger partial charge is 0.467 e. The van der Waals surface area contributed by atoms with Crippen LogP contribution in [0.5, 0.6) is 12.0 Å². The number of carbonyl (C=O) groups is 1. The summed E-state index contributed by atoms with van der Waals surface area (Å²) in [7, 11) is 1.53. The van der Waals surface area contributed by atoms with Gasteiger partial charge >= 0.3 is 18.0 Å². The van der Waals surface area contributed by atoms with Crippen LogP contribution in [0.1, 0.15) is 112 Å². The van der Waals surface area contributed by atoms with Crippen molar-refractivity contribution in [3.63, 3.8) is 0 Å². The lowest BCUT2D eigenvalue weighted by Gasteiger charge is -2.24. The highest BCUT2D eigenvalue weighted by molar-refractivity contribution is 5.69. The SMILES string of the molecule is CC(CCC(=O)OC(C)(C)C)c1ccc(C#Cc2cnc(OC3CCC3)nc2)cc1.COc1ncc(C#Cc2ccc(C(C)CN)cc2)cn1. The van der Waals surface area contributed by atoms with Gasteiger partial charge in [0.1, 0.15) is 11.7 Å². The first kappa shape index (κ1) is 37.6. The van der Waals surface area contributed by atoms with Crippen molar-refractivity contribution < 1.29 is 19.0 Å². The molecule has 4 aromatic rings. The van der Waals surface area contributed by atoms with Crippen LogP contribution in [0.15, 0.2) is 73.3 Å². The summed E-state index contributed by atoms with van der Waals surface area (Å²) in [5, 5.41) is 0. The van der Waals surface area contributed by atoms with Crippen molar-refractivity contribution in [1.82, 2.24) is 19.9 Å². The van der Waals surface area contributed by atoms with E-state index in [4.69, 9.17) is 19.9 Å². The number of hydrogen-bond donors (Lipinski definition) is 1. The van der Waals surface area contributed by atoms with E-state index < -0.39 is 5.60 Å². The van der Waals surface area contributed by atoms with E-state index in [0.717, 1.165) is 41.5 Å². The first-order chi connectivity index (χ1) is 24.0. The molecule has 0 saturated heterocycles. The van der Waals surface area contributed by atoms with Crippen LogP contribution >= 0.6 is 0 Å². The van der Waals surface area contributed by atoms with Crippen molar-refractivity contribution in [2.75, 3.05) is 13.7 Å². The molecular weight excluding hydrogens is 626 g/mol. The average molecular weight is 674 g/mol. The Morgan fingerprint density at radius 2 is 1.22 bits per heavy atom. The number of aromatic nitrogens is 4. The van der Waals surface area contributed by atoms with Crippen molar-refractivity contribution in [3.05, 3.63) is 107 Å². The van der Waals surface area contributed by atoms with Gasteiger partial charge in [0.15, 0.2) is 0 Å². The molecule has 2 unspecified atom stereocenters. The molecule has 50 heavy (non-hydrogen) atoms. The number of ether oxygens (including phenoxy) is 3. The molecule has 5 rings (SSSR count). The summed E-state index contributed by atoms with van der Waals surface area (Å²) >= 11 is 0. The highest BCUT2D eigenvalue weighted by atomic mass is 16.6. The lowest BCUT2D eigenvalue weighted by Crippen LogP contribution is -2.25. The van der Waals surface area contributed by atoms with E-state index in [-0.39, 0.29) is 18.0 Å². The highest BCUT2D eigenvalue weighted by Gasteiger charge is 2.20. The number of rotatable bonds is 9. The van der Waals surface area contributed by atoms with E-state index in [2.05, 4.69) is 81.7 Å². The molecule has 2 heterocycles. The molecular formula is C41H47N5O4. The van der Waals surface area contributed by atoms with Gasteiger partial charge in [0.2, 0.25) is 0 Å². The molecule has 9 nitrogen and oxygen atoms in total. The molecule has 2 aromatic carbocycles. The van der Waals surface area contributed by atoms with Crippen LogP contribution in [0.3, 0.4) is 0 Å². The Morgan fingerprint density at radius 1 is 0.760 bits per heavy atom. The van der Waals surface area contributed by atoms with Crippen LogP contribution in [0.4, 0.5) is 0 Å². The predicted molar refractivity (Wildman–Crippen MR) is 195 cm³/mol. The minimum atomic E-state index is -0.435. The molecule has 0 aliphatic heterocycles. The van der Waals surface area contributed by atoms with Gasteiger partial charge in [-0.1, -0.05) is 61.8 Å². The number of hydrogen-bond acceptors (Lipinski definition) is 9. The molecule has 1 fully saturated rings. The van der Waals surface area contributed by atoms with Gasteiger partial charge in [0.05, 0.1) is 18.2 Å². The maximum absolute atomic E-state index is 11.9. The number of methoxy groups -OCH3 is 1. The van der Waals surface area contributed by atoms with E-state index in [1.54, 1.807) is 24.8 Å². The quantitative estimate of drug-likeness (QED) is 0.148. The zero-order chi connectivity index (χ0) is 35.9. The van der Waals surface area contributed by atoms with Gasteiger partial charge in [-0.3, -0.25) is 4.79 Å². The van der Waals surface area contributed by atoms with Gasteiger partial charge in [0, 0.05) is 42.3 Å². The zero-order valence-electron chi connectivity index (χ0n) is 29.9. The predicted octanol–water partition coefficient (Wildman–Crippen LogP) is 6.98. The number of nitrogens with two attached hydrogens (primary N) is 1. The molecule has 0 amide bonds. The normalized spacial score (nSPS) is 13.4. The number of esters is 1. The fourth-order valence-electron chi connectivity index (χ4n) is 4.67. The molecule has 2 N–H and O–H groups in total. The zero-order valence-corrected chi connectivity index (χ0v) is 29.9. The molecule has 0 radical (unpaired) electrons. The van der Waals surface area contributed by atoms with Crippen LogP contribution < -0.4 is 15.2 Å². The van der Waals surface area contributed by atoms with Crippen molar-refractivity contribution in [3.8, 4) is 35.7 Å². The smallest absolute Gasteiger partial charge is 0.316 e. The molecule has 1 saturated carbocycles. The summed E-state index contributed by atoms with van der Waals surface area (Å²) in [5.41, 5.74) is 11.0. The first-order valence-corrected chi connectivity index (χ1v) is 17.0. The monoisotopic (exact) mass is 673 g/mol. The third kappa shape index (κ3) is 12.7. The summed E-state index contributed by atoms with van der Waals surface area (Å²) in [6, 6.07) is 17.0. The van der Waals surface area contributed by atoms with Gasteiger partial charge in [-0.2, -0.15) is 0 Å². The van der Waals surface area contributed by atoms with Crippen molar-refractivity contribution in [2.24, 2.45) is 5.73 Å². The summed E-state index contributed by atoms with van der Waals surface area (Å²) in [4.78, 5) is 28.4. The van der Waals surface area contributed by atoms with Crippen LogP contribution in [-0.2, 0) is 9.53 Å². The molecule has 0 spiro atoms. The Labute approximate surface area is 296 Å². The first-order valence-electron chi connectivity index (χ1n) is 17.0. The minimum Gasteiger partial charge on any atom is -0.467 e. The second-order valence-electron chi connectivity index (χ2n) is 13.3. The summed E-state index contributed by atoms with van der Waals surface area (Å²) in [6.07, 6.45) is 11.5. The number of nitrogens with zero attached hydrogens (tertiary/aromatic N) is 4. The summed E-state index contributed by atoms with van der Waals surface area (Å²) in [6.45, 7) is 10.5. The lowest BCUT2D eigenvalue weighted by atomic mass is 9.95. The van der Waals surface area contributed by atoms with Crippen molar-refractivity contribution in [1.29, 1.82) is 0 Å². The Bertz CT molecular complexity index is 1770. The van der Waals surface area contributed by atoms with Crippen molar-refractivity contribution in [2.45, 2.75) is 90.3 Å². The van der Waals surface area contributed by atoms with E-state index in [0.29, 0.717) is 30.9 Å². The van der Waals surface area contributed by atoms with Crippen LogP contribution in [-0.4, -0.2) is 51.3 Å². The van der Waals surface area contributed by atoms with E-state index in [9.17, 15) is 4.79 Å². The lowest BCUT2D eigenvalue weighted by molar-refractivity contribution is -0.155. The highest BCUT2D eigenvalue weighted by Crippen LogP contribution is 2.23. The molecule has 1 aliphatic rings. The molecule has 260 valence electrons. The molecule has 1 aliphatic carbocycles. The maximum atomic E-state index is 11.9. The average Bonchev–Trinajstić information content (AvgIpc) is 3.10. The Morgan fingerprint density at radius 3 is 1.64 bits per heavy atom. The van der Waals surface area contributed by atoms with Gasteiger partial charge in [0.25, 0.3) is 0 Å². The van der Waals surface area contributed by atoms with Gasteiger partial charge in [-0.05, 0) is 100 Å². The third-order valence-electron chi connectivity index (χ3n) is 7.98. The van der Waals surface area contributed by atoms with Crippen LogP contribution in [0, 0.1) is 23.7 Å². The van der Waals surface area contributed by atoms with Gasteiger partial charge < -0.3 is 19.9 Å². The second-order valence-corrected chi connectivity index (χ2v) is 13.3. The fraction of sp³-hybridized carbons (Fsp3) is 0.390. The Balaban J connectivity index is 0.000000244. The van der Waals surface area contributed by atoms with E-state index in [1.165, 1.54) is 24.7 Å². The van der Waals surface area contributed by atoms with Crippen LogP contribution in [0.2, 0.25) is 0 Å². The molecule has 2 aromatic heterocycles.